The highest BCUT2D eigenvalue weighted by Gasteiger charge is 2.14. The van der Waals surface area contributed by atoms with Crippen LogP contribution < -0.4 is 10.9 Å². The summed E-state index contributed by atoms with van der Waals surface area (Å²) in [7, 11) is 5.82. The molecule has 0 amide bonds. The van der Waals surface area contributed by atoms with Crippen LogP contribution in [0.25, 0.3) is 20.7 Å². The summed E-state index contributed by atoms with van der Waals surface area (Å²) in [6, 6.07) is 9.61. The second kappa shape index (κ2) is 7.99. The van der Waals surface area contributed by atoms with Crippen LogP contribution in [0.5, 0.6) is 0 Å². The Bertz CT molecular complexity index is 962. The van der Waals surface area contributed by atoms with Gasteiger partial charge in [-0.3, -0.25) is 9.36 Å². The summed E-state index contributed by atoms with van der Waals surface area (Å²) in [5.74, 6) is 0.584. The number of nitrogens with one attached hydrogen (secondary N) is 1. The first-order valence-electron chi connectivity index (χ1n) is 8.59. The molecule has 3 aromatic rings. The predicted octanol–water partition coefficient (Wildman–Crippen LogP) is 2.52. The average Bonchev–Trinajstić information content (AvgIpc) is 3.06. The highest BCUT2D eigenvalue weighted by molar-refractivity contribution is 7.22. The molecule has 0 saturated heterocycles. The molecule has 0 spiro atoms. The van der Waals surface area contributed by atoms with Gasteiger partial charge in [0.2, 0.25) is 5.95 Å². The van der Waals surface area contributed by atoms with Gasteiger partial charge >= 0.3 is 0 Å². The molecule has 26 heavy (non-hydrogen) atoms. The third-order valence-electron chi connectivity index (χ3n) is 4.27. The molecule has 0 fully saturated rings. The van der Waals surface area contributed by atoms with Gasteiger partial charge in [0.05, 0.1) is 12.1 Å². The minimum absolute atomic E-state index is 0.0332. The van der Waals surface area contributed by atoms with Crippen LogP contribution in [0.2, 0.25) is 0 Å². The molecule has 7 heteroatoms. The van der Waals surface area contributed by atoms with E-state index in [-0.39, 0.29) is 12.2 Å². The predicted molar refractivity (Wildman–Crippen MR) is 108 cm³/mol. The van der Waals surface area contributed by atoms with Crippen molar-refractivity contribution < 1.29 is 5.11 Å². The first-order chi connectivity index (χ1) is 12.5. The van der Waals surface area contributed by atoms with Crippen LogP contribution in [0.3, 0.4) is 0 Å². The second-order valence-corrected chi connectivity index (χ2v) is 7.58. The zero-order chi connectivity index (χ0) is 18.7. The summed E-state index contributed by atoms with van der Waals surface area (Å²) in [6.45, 7) is 1.70. The minimum Gasteiger partial charge on any atom is -0.392 e. The fraction of sp³-hybridized carbons (Fsp3) is 0.368. The standard InChI is InChI=1S/C19H24N4O2S/c1-22(2)10-6-9-20-19-21-15-11-16(26-17(15)18(25)23(19)3)14-8-5-4-7-13(14)12-24/h4-5,7-8,11,24H,6,9-10,12H2,1-3H3,(H,20,21). The Morgan fingerprint density at radius 1 is 1.31 bits per heavy atom. The number of rotatable bonds is 7. The topological polar surface area (TPSA) is 70.4 Å². The third-order valence-corrected chi connectivity index (χ3v) is 5.42. The van der Waals surface area contributed by atoms with Gasteiger partial charge in [0.15, 0.2) is 0 Å². The van der Waals surface area contributed by atoms with E-state index in [0.717, 1.165) is 35.5 Å². The Balaban J connectivity index is 1.94. The van der Waals surface area contributed by atoms with Crippen molar-refractivity contribution >= 4 is 27.5 Å². The number of hydrogen-bond donors (Lipinski definition) is 2. The molecule has 0 radical (unpaired) electrons. The van der Waals surface area contributed by atoms with Crippen LogP contribution >= 0.6 is 11.3 Å². The summed E-state index contributed by atoms with van der Waals surface area (Å²) >= 11 is 1.42. The lowest BCUT2D eigenvalue weighted by Gasteiger charge is -2.12. The Hall–Kier alpha value is -2.22. The summed E-state index contributed by atoms with van der Waals surface area (Å²) in [5, 5.41) is 12.8. The van der Waals surface area contributed by atoms with E-state index in [9.17, 15) is 9.90 Å². The van der Waals surface area contributed by atoms with E-state index in [1.54, 1.807) is 11.6 Å². The van der Waals surface area contributed by atoms with Crippen molar-refractivity contribution in [2.24, 2.45) is 7.05 Å². The quantitative estimate of drug-likeness (QED) is 0.624. The molecule has 0 bridgehead atoms. The SMILES string of the molecule is CN(C)CCCNc1nc2cc(-c3ccccc3CO)sc2c(=O)n1C. The Labute approximate surface area is 156 Å². The molecular weight excluding hydrogens is 348 g/mol. The van der Waals surface area contributed by atoms with E-state index in [4.69, 9.17) is 0 Å². The number of thiophene rings is 1. The Kier molecular flexibility index (Phi) is 5.70. The molecule has 0 aliphatic carbocycles. The number of anilines is 1. The third kappa shape index (κ3) is 3.80. The van der Waals surface area contributed by atoms with Crippen LogP contribution in [-0.4, -0.2) is 46.7 Å². The van der Waals surface area contributed by atoms with E-state index in [2.05, 4.69) is 15.2 Å². The Morgan fingerprint density at radius 2 is 2.08 bits per heavy atom. The highest BCUT2D eigenvalue weighted by atomic mass is 32.1. The molecule has 0 aliphatic heterocycles. The fourth-order valence-electron chi connectivity index (χ4n) is 2.84. The van der Waals surface area contributed by atoms with E-state index >= 15 is 0 Å². The van der Waals surface area contributed by atoms with Gasteiger partial charge < -0.3 is 15.3 Å². The molecule has 6 nitrogen and oxygen atoms in total. The molecule has 2 N–H and O–H groups in total. The molecule has 2 aromatic heterocycles. The molecule has 138 valence electrons. The molecule has 2 heterocycles. The highest BCUT2D eigenvalue weighted by Crippen LogP contribution is 2.33. The largest absolute Gasteiger partial charge is 0.392 e. The summed E-state index contributed by atoms with van der Waals surface area (Å²) < 4.78 is 2.20. The minimum atomic E-state index is -0.0529. The number of aliphatic hydroxyl groups excluding tert-OH is 1. The van der Waals surface area contributed by atoms with Crippen molar-refractivity contribution in [3.63, 3.8) is 0 Å². The molecule has 0 aliphatic rings. The van der Waals surface area contributed by atoms with Crippen molar-refractivity contribution in [3.8, 4) is 10.4 Å². The molecular formula is C19H24N4O2S. The lowest BCUT2D eigenvalue weighted by molar-refractivity contribution is 0.282. The van der Waals surface area contributed by atoms with E-state index in [0.29, 0.717) is 16.2 Å². The Morgan fingerprint density at radius 3 is 2.81 bits per heavy atom. The normalized spacial score (nSPS) is 11.4. The van der Waals surface area contributed by atoms with Crippen molar-refractivity contribution in [2.75, 3.05) is 32.5 Å². The number of aromatic nitrogens is 2. The molecule has 1 aromatic carbocycles. The van der Waals surface area contributed by atoms with Crippen molar-refractivity contribution in [2.45, 2.75) is 13.0 Å². The van der Waals surface area contributed by atoms with Gasteiger partial charge in [-0.25, -0.2) is 4.98 Å². The van der Waals surface area contributed by atoms with Crippen molar-refractivity contribution in [1.82, 2.24) is 14.5 Å². The van der Waals surface area contributed by atoms with Gasteiger partial charge in [-0.2, -0.15) is 0 Å². The van der Waals surface area contributed by atoms with Gasteiger partial charge in [-0.1, -0.05) is 24.3 Å². The molecule has 0 atom stereocenters. The van der Waals surface area contributed by atoms with Gasteiger partial charge in [-0.15, -0.1) is 11.3 Å². The van der Waals surface area contributed by atoms with Crippen molar-refractivity contribution in [3.05, 3.63) is 46.2 Å². The average molecular weight is 372 g/mol. The fourth-order valence-corrected chi connectivity index (χ4v) is 3.97. The van der Waals surface area contributed by atoms with Crippen LogP contribution in [0.15, 0.2) is 35.1 Å². The number of hydrogen-bond acceptors (Lipinski definition) is 6. The van der Waals surface area contributed by atoms with E-state index in [1.165, 1.54) is 11.3 Å². The number of fused-ring (bicyclic) bond motifs is 1. The van der Waals surface area contributed by atoms with Crippen molar-refractivity contribution in [1.29, 1.82) is 0 Å². The zero-order valence-corrected chi connectivity index (χ0v) is 16.1. The van der Waals surface area contributed by atoms with Gasteiger partial charge in [0.1, 0.15) is 4.70 Å². The maximum absolute atomic E-state index is 12.7. The number of nitrogens with zero attached hydrogens (tertiary/aromatic N) is 3. The lowest BCUT2D eigenvalue weighted by Crippen LogP contribution is -2.23. The monoisotopic (exact) mass is 372 g/mol. The van der Waals surface area contributed by atoms with Gasteiger partial charge in [0, 0.05) is 18.5 Å². The maximum Gasteiger partial charge on any atom is 0.272 e. The van der Waals surface area contributed by atoms with Gasteiger partial charge in [-0.05, 0) is 44.3 Å². The maximum atomic E-state index is 12.7. The van der Waals surface area contributed by atoms with Crippen LogP contribution in [0.4, 0.5) is 5.95 Å². The number of benzene rings is 1. The van der Waals surface area contributed by atoms with Crippen LogP contribution in [0, 0.1) is 0 Å². The van der Waals surface area contributed by atoms with E-state index in [1.807, 2.05) is 44.4 Å². The molecule has 0 saturated carbocycles. The zero-order valence-electron chi connectivity index (χ0n) is 15.3. The smallest absolute Gasteiger partial charge is 0.272 e. The summed E-state index contributed by atoms with van der Waals surface area (Å²) in [4.78, 5) is 20.4. The van der Waals surface area contributed by atoms with E-state index < -0.39 is 0 Å². The first-order valence-corrected chi connectivity index (χ1v) is 9.41. The second-order valence-electron chi connectivity index (χ2n) is 6.52. The summed E-state index contributed by atoms with van der Waals surface area (Å²) in [5.41, 5.74) is 2.43. The lowest BCUT2D eigenvalue weighted by atomic mass is 10.1. The van der Waals surface area contributed by atoms with Crippen LogP contribution in [0.1, 0.15) is 12.0 Å². The van der Waals surface area contributed by atoms with Gasteiger partial charge in [0.25, 0.3) is 5.56 Å². The number of aliphatic hydroxyl groups is 1. The summed E-state index contributed by atoms with van der Waals surface area (Å²) in [6.07, 6.45) is 0.972. The molecule has 3 rings (SSSR count). The first kappa shape index (κ1) is 18.6. The van der Waals surface area contributed by atoms with Crippen LogP contribution in [-0.2, 0) is 13.7 Å². The molecule has 0 unspecified atom stereocenters.